The lowest BCUT2D eigenvalue weighted by Crippen LogP contribution is -2.19. The Morgan fingerprint density at radius 1 is 1.23 bits per heavy atom. The highest BCUT2D eigenvalue weighted by Crippen LogP contribution is 2.22. The van der Waals surface area contributed by atoms with Crippen LogP contribution >= 0.6 is 11.3 Å². The number of carbonyl (C=O) groups is 1. The molecule has 2 aromatic carbocycles. The molecule has 30 heavy (non-hydrogen) atoms. The summed E-state index contributed by atoms with van der Waals surface area (Å²) in [6.45, 7) is 4.21. The summed E-state index contributed by atoms with van der Waals surface area (Å²) in [5.74, 6) is 3.09. The van der Waals surface area contributed by atoms with Gasteiger partial charge in [0.2, 0.25) is 0 Å². The molecule has 0 unspecified atom stereocenters. The van der Waals surface area contributed by atoms with Crippen LogP contribution in [0.25, 0.3) is 10.2 Å². The van der Waals surface area contributed by atoms with Gasteiger partial charge < -0.3 is 9.30 Å². The fourth-order valence-electron chi connectivity index (χ4n) is 2.85. The molecule has 0 bridgehead atoms. The topological polar surface area (TPSA) is 77.7 Å². The third-order valence-corrected chi connectivity index (χ3v) is 6.61. The van der Waals surface area contributed by atoms with Crippen LogP contribution in [-0.2, 0) is 21.2 Å². The Bertz CT molecular complexity index is 1290. The average Bonchev–Trinajstić information content (AvgIpc) is 3.02. The summed E-state index contributed by atoms with van der Waals surface area (Å²) in [4.78, 5) is 17.1. The molecule has 0 saturated carbocycles. The Morgan fingerprint density at radius 3 is 2.53 bits per heavy atom. The summed E-state index contributed by atoms with van der Waals surface area (Å²) in [7, 11) is -3.34. The number of ether oxygens (including phenoxy) is 1. The Kier molecular flexibility index (Phi) is 6.44. The van der Waals surface area contributed by atoms with Gasteiger partial charge in [0, 0.05) is 6.26 Å². The van der Waals surface area contributed by atoms with Crippen LogP contribution in [0.4, 0.5) is 0 Å². The molecule has 156 valence electrons. The first-order valence-corrected chi connectivity index (χ1v) is 12.0. The van der Waals surface area contributed by atoms with Crippen molar-refractivity contribution in [2.45, 2.75) is 31.2 Å². The van der Waals surface area contributed by atoms with Gasteiger partial charge >= 0.3 is 0 Å². The highest BCUT2D eigenvalue weighted by atomic mass is 32.2. The van der Waals surface area contributed by atoms with E-state index in [4.69, 9.17) is 11.2 Å². The molecule has 0 N–H and O–H groups in total. The van der Waals surface area contributed by atoms with E-state index in [1.54, 1.807) is 16.7 Å². The van der Waals surface area contributed by atoms with Crippen molar-refractivity contribution >= 4 is 37.3 Å². The van der Waals surface area contributed by atoms with E-state index in [1.165, 1.54) is 23.0 Å². The van der Waals surface area contributed by atoms with Crippen molar-refractivity contribution in [3.63, 3.8) is 0 Å². The molecular weight excluding hydrogens is 420 g/mol. The SMILES string of the molecule is C#CCn1c(=NC(=O)COc2ccc(C(C)C)cc2)sc2cc(S(C)(=O)=O)ccc21. The maximum Gasteiger partial charge on any atom is 0.286 e. The number of benzene rings is 2. The van der Waals surface area contributed by atoms with Gasteiger partial charge in [-0.2, -0.15) is 4.99 Å². The highest BCUT2D eigenvalue weighted by Gasteiger charge is 2.13. The standard InChI is InChI=1S/C22H22N2O4S2/c1-5-12-24-19-11-10-18(30(4,26)27)13-20(19)29-22(24)23-21(25)14-28-17-8-6-16(7-9-17)15(2)3/h1,6-11,13,15H,12,14H2,2-4H3. The third-order valence-electron chi connectivity index (χ3n) is 4.46. The monoisotopic (exact) mass is 442 g/mol. The number of hydrogen-bond acceptors (Lipinski definition) is 5. The van der Waals surface area contributed by atoms with Gasteiger partial charge in [0.05, 0.1) is 21.7 Å². The molecular formula is C22H22N2O4S2. The molecule has 0 aliphatic rings. The molecule has 8 heteroatoms. The van der Waals surface area contributed by atoms with Crippen LogP contribution in [0.2, 0.25) is 0 Å². The van der Waals surface area contributed by atoms with Gasteiger partial charge in [-0.15, -0.1) is 6.42 Å². The van der Waals surface area contributed by atoms with E-state index in [-0.39, 0.29) is 18.0 Å². The molecule has 0 aliphatic carbocycles. The number of thiazole rings is 1. The smallest absolute Gasteiger partial charge is 0.286 e. The second kappa shape index (κ2) is 8.86. The normalized spacial score (nSPS) is 12.3. The van der Waals surface area contributed by atoms with E-state index in [0.717, 1.165) is 11.8 Å². The minimum Gasteiger partial charge on any atom is -0.484 e. The van der Waals surface area contributed by atoms with Crippen LogP contribution in [0.15, 0.2) is 52.4 Å². The van der Waals surface area contributed by atoms with E-state index in [9.17, 15) is 13.2 Å². The number of aromatic nitrogens is 1. The number of fused-ring (bicyclic) bond motifs is 1. The zero-order valence-electron chi connectivity index (χ0n) is 17.0. The molecule has 0 fully saturated rings. The van der Waals surface area contributed by atoms with Crippen molar-refractivity contribution in [2.24, 2.45) is 4.99 Å². The number of sulfone groups is 1. The van der Waals surface area contributed by atoms with Crippen LogP contribution in [0.5, 0.6) is 5.75 Å². The molecule has 1 aromatic heterocycles. The van der Waals surface area contributed by atoms with Crippen LogP contribution in [0, 0.1) is 12.3 Å². The van der Waals surface area contributed by atoms with Gasteiger partial charge in [0.1, 0.15) is 5.75 Å². The number of rotatable bonds is 6. The van der Waals surface area contributed by atoms with Gasteiger partial charge in [0.25, 0.3) is 5.91 Å². The molecule has 0 aliphatic heterocycles. The largest absolute Gasteiger partial charge is 0.484 e. The van der Waals surface area contributed by atoms with Gasteiger partial charge in [0.15, 0.2) is 21.2 Å². The molecule has 1 heterocycles. The van der Waals surface area contributed by atoms with Gasteiger partial charge in [-0.05, 0) is 41.8 Å². The Labute approximate surface area is 179 Å². The summed E-state index contributed by atoms with van der Waals surface area (Å²) >= 11 is 1.21. The summed E-state index contributed by atoms with van der Waals surface area (Å²) in [6, 6.07) is 12.4. The van der Waals surface area contributed by atoms with Gasteiger partial charge in [-0.3, -0.25) is 4.79 Å². The van der Waals surface area contributed by atoms with E-state index < -0.39 is 15.7 Å². The summed E-state index contributed by atoms with van der Waals surface area (Å²) in [5, 5.41) is 0. The predicted molar refractivity (Wildman–Crippen MR) is 118 cm³/mol. The number of terminal acetylenes is 1. The van der Waals surface area contributed by atoms with Crippen molar-refractivity contribution in [1.29, 1.82) is 0 Å². The summed E-state index contributed by atoms with van der Waals surface area (Å²) in [6.07, 6.45) is 6.61. The Hall–Kier alpha value is -2.89. The van der Waals surface area contributed by atoms with Crippen molar-refractivity contribution < 1.29 is 17.9 Å². The van der Waals surface area contributed by atoms with Crippen molar-refractivity contribution in [1.82, 2.24) is 4.57 Å². The van der Waals surface area contributed by atoms with Crippen LogP contribution in [-0.4, -0.2) is 31.8 Å². The average molecular weight is 443 g/mol. The van der Waals surface area contributed by atoms with E-state index in [2.05, 4.69) is 24.8 Å². The van der Waals surface area contributed by atoms with Gasteiger partial charge in [-0.25, -0.2) is 8.42 Å². The molecule has 3 rings (SSSR count). The number of amides is 1. The van der Waals surface area contributed by atoms with Crippen molar-refractivity contribution in [3.05, 3.63) is 52.8 Å². The summed E-state index contributed by atoms with van der Waals surface area (Å²) in [5.41, 5.74) is 1.91. The zero-order chi connectivity index (χ0) is 21.9. The first kappa shape index (κ1) is 21.8. The molecule has 1 amide bonds. The minimum atomic E-state index is -3.34. The molecule has 0 saturated heterocycles. The van der Waals surface area contributed by atoms with E-state index in [0.29, 0.717) is 21.2 Å². The highest BCUT2D eigenvalue weighted by molar-refractivity contribution is 7.90. The van der Waals surface area contributed by atoms with Gasteiger partial charge in [-0.1, -0.05) is 43.2 Å². The molecule has 3 aromatic rings. The fraction of sp³-hybridized carbons (Fsp3) is 0.273. The zero-order valence-corrected chi connectivity index (χ0v) is 18.6. The molecule has 0 atom stereocenters. The number of hydrogen-bond donors (Lipinski definition) is 0. The minimum absolute atomic E-state index is 0.204. The number of carbonyl (C=O) groups excluding carboxylic acids is 1. The maximum absolute atomic E-state index is 12.4. The Morgan fingerprint density at radius 2 is 1.93 bits per heavy atom. The second-order valence-corrected chi connectivity index (χ2v) is 10.1. The van der Waals surface area contributed by atoms with Crippen LogP contribution in [0.3, 0.4) is 0 Å². The first-order chi connectivity index (χ1) is 14.2. The third kappa shape index (κ3) is 4.99. The lowest BCUT2D eigenvalue weighted by molar-refractivity contribution is -0.120. The molecule has 6 nitrogen and oxygen atoms in total. The van der Waals surface area contributed by atoms with Crippen molar-refractivity contribution in [3.8, 4) is 18.1 Å². The lowest BCUT2D eigenvalue weighted by atomic mass is 10.0. The predicted octanol–water partition coefficient (Wildman–Crippen LogP) is 3.37. The molecule has 0 spiro atoms. The lowest BCUT2D eigenvalue weighted by Gasteiger charge is -2.07. The second-order valence-electron chi connectivity index (χ2n) is 7.09. The molecule has 0 radical (unpaired) electrons. The van der Waals surface area contributed by atoms with E-state index >= 15 is 0 Å². The van der Waals surface area contributed by atoms with Crippen LogP contribution in [0.1, 0.15) is 25.3 Å². The Balaban J connectivity index is 1.87. The van der Waals surface area contributed by atoms with Crippen LogP contribution < -0.4 is 9.54 Å². The quantitative estimate of drug-likeness (QED) is 0.549. The van der Waals surface area contributed by atoms with E-state index in [1.807, 2.05) is 24.3 Å². The number of nitrogens with zero attached hydrogens (tertiary/aromatic N) is 2. The summed E-state index contributed by atoms with van der Waals surface area (Å²) < 4.78 is 31.6. The first-order valence-electron chi connectivity index (χ1n) is 9.26. The fourth-order valence-corrected chi connectivity index (χ4v) is 4.65. The van der Waals surface area contributed by atoms with Crippen molar-refractivity contribution in [2.75, 3.05) is 12.9 Å². The maximum atomic E-state index is 12.4.